The van der Waals surface area contributed by atoms with Crippen LogP contribution < -0.4 is 10.9 Å². The Morgan fingerprint density at radius 1 is 1.23 bits per heavy atom. The average Bonchev–Trinajstić information content (AvgIpc) is 3.16. The van der Waals surface area contributed by atoms with E-state index in [0.717, 1.165) is 42.6 Å². The molecular formula is C24H23FN4OS. The van der Waals surface area contributed by atoms with Crippen molar-refractivity contribution in [3.8, 4) is 0 Å². The van der Waals surface area contributed by atoms with E-state index < -0.39 is 0 Å². The SMILES string of the molecule is O=c1c2c3c(sc2ncn1Cc1ccccc1F)C[C@@H](NCCc1cccnc1)CC3. The van der Waals surface area contributed by atoms with E-state index in [1.165, 1.54) is 21.1 Å². The zero-order chi connectivity index (χ0) is 21.2. The minimum Gasteiger partial charge on any atom is -0.313 e. The lowest BCUT2D eigenvalue weighted by molar-refractivity contribution is 0.466. The maximum absolute atomic E-state index is 14.0. The first-order valence-electron chi connectivity index (χ1n) is 10.5. The lowest BCUT2D eigenvalue weighted by Gasteiger charge is -2.23. The molecule has 1 aliphatic rings. The molecule has 158 valence electrons. The summed E-state index contributed by atoms with van der Waals surface area (Å²) in [6, 6.07) is 11.0. The van der Waals surface area contributed by atoms with Crippen LogP contribution in [0.4, 0.5) is 4.39 Å². The van der Waals surface area contributed by atoms with Crippen LogP contribution in [0.2, 0.25) is 0 Å². The number of benzene rings is 1. The van der Waals surface area contributed by atoms with Gasteiger partial charge in [0.05, 0.1) is 18.3 Å². The van der Waals surface area contributed by atoms with E-state index in [1.807, 2.05) is 12.3 Å². The molecule has 1 N–H and O–H groups in total. The van der Waals surface area contributed by atoms with Crippen molar-refractivity contribution in [2.75, 3.05) is 6.54 Å². The van der Waals surface area contributed by atoms with E-state index in [9.17, 15) is 9.18 Å². The molecule has 4 aromatic rings. The molecule has 0 fully saturated rings. The normalized spacial score (nSPS) is 15.8. The van der Waals surface area contributed by atoms with Crippen LogP contribution in [-0.2, 0) is 25.8 Å². The molecule has 0 bridgehead atoms. The lowest BCUT2D eigenvalue weighted by Crippen LogP contribution is -2.35. The number of hydrogen-bond donors (Lipinski definition) is 1. The van der Waals surface area contributed by atoms with Gasteiger partial charge in [0.25, 0.3) is 5.56 Å². The number of hydrogen-bond acceptors (Lipinski definition) is 5. The summed E-state index contributed by atoms with van der Waals surface area (Å²) in [5, 5.41) is 4.37. The molecule has 0 radical (unpaired) electrons. The number of aryl methyl sites for hydroxylation is 1. The third-order valence-corrected chi connectivity index (χ3v) is 7.07. The third kappa shape index (κ3) is 4.16. The fourth-order valence-corrected chi connectivity index (χ4v) is 5.52. The van der Waals surface area contributed by atoms with E-state index in [0.29, 0.717) is 17.0 Å². The highest BCUT2D eigenvalue weighted by molar-refractivity contribution is 7.18. The first-order valence-corrected chi connectivity index (χ1v) is 11.4. The molecule has 0 aliphatic heterocycles. The van der Waals surface area contributed by atoms with Gasteiger partial charge in [0, 0.05) is 28.9 Å². The van der Waals surface area contributed by atoms with Crippen molar-refractivity contribution in [3.63, 3.8) is 0 Å². The van der Waals surface area contributed by atoms with Gasteiger partial charge in [-0.1, -0.05) is 24.3 Å². The molecule has 0 saturated heterocycles. The molecular weight excluding hydrogens is 411 g/mol. The highest BCUT2D eigenvalue weighted by atomic mass is 32.1. The van der Waals surface area contributed by atoms with Gasteiger partial charge in [-0.2, -0.15) is 0 Å². The van der Waals surface area contributed by atoms with Gasteiger partial charge in [-0.25, -0.2) is 9.37 Å². The number of nitrogens with zero attached hydrogens (tertiary/aromatic N) is 3. The second-order valence-electron chi connectivity index (χ2n) is 7.96. The largest absolute Gasteiger partial charge is 0.313 e. The van der Waals surface area contributed by atoms with Gasteiger partial charge in [0.1, 0.15) is 10.6 Å². The zero-order valence-corrected chi connectivity index (χ0v) is 17.9. The van der Waals surface area contributed by atoms with Gasteiger partial charge in [-0.05, 0) is 55.5 Å². The summed E-state index contributed by atoms with van der Waals surface area (Å²) in [5.74, 6) is -0.304. The zero-order valence-electron chi connectivity index (χ0n) is 17.1. The summed E-state index contributed by atoms with van der Waals surface area (Å²) in [7, 11) is 0. The van der Waals surface area contributed by atoms with Gasteiger partial charge in [-0.3, -0.25) is 14.3 Å². The van der Waals surface area contributed by atoms with Gasteiger partial charge in [0.2, 0.25) is 0 Å². The number of rotatable bonds is 6. The Morgan fingerprint density at radius 2 is 2.13 bits per heavy atom. The van der Waals surface area contributed by atoms with Crippen LogP contribution in [0.5, 0.6) is 0 Å². The van der Waals surface area contributed by atoms with Crippen LogP contribution in [0, 0.1) is 5.82 Å². The van der Waals surface area contributed by atoms with Crippen molar-refractivity contribution in [2.45, 2.75) is 38.3 Å². The Labute approximate surface area is 183 Å². The Balaban J connectivity index is 1.33. The minimum absolute atomic E-state index is 0.0752. The quantitative estimate of drug-likeness (QED) is 0.502. The Bertz CT molecular complexity index is 1270. The van der Waals surface area contributed by atoms with Crippen molar-refractivity contribution in [1.82, 2.24) is 19.9 Å². The van der Waals surface area contributed by atoms with E-state index in [-0.39, 0.29) is 17.9 Å². The molecule has 5 nitrogen and oxygen atoms in total. The summed E-state index contributed by atoms with van der Waals surface area (Å²) in [5.41, 5.74) is 2.78. The summed E-state index contributed by atoms with van der Waals surface area (Å²) >= 11 is 1.62. The molecule has 0 amide bonds. The molecule has 3 aromatic heterocycles. The Hall–Kier alpha value is -2.90. The van der Waals surface area contributed by atoms with Crippen LogP contribution >= 0.6 is 11.3 Å². The van der Waals surface area contributed by atoms with Crippen molar-refractivity contribution in [2.24, 2.45) is 0 Å². The van der Waals surface area contributed by atoms with E-state index >= 15 is 0 Å². The number of fused-ring (bicyclic) bond motifs is 3. The second-order valence-corrected chi connectivity index (χ2v) is 9.04. The fraction of sp³-hybridized carbons (Fsp3) is 0.292. The number of aromatic nitrogens is 3. The predicted octanol–water partition coefficient (Wildman–Crippen LogP) is 3.73. The minimum atomic E-state index is -0.304. The third-order valence-electron chi connectivity index (χ3n) is 5.90. The maximum Gasteiger partial charge on any atom is 0.262 e. The molecule has 5 rings (SSSR count). The molecule has 0 spiro atoms. The summed E-state index contributed by atoms with van der Waals surface area (Å²) in [4.78, 5) is 23.9. The number of halogens is 1. The molecule has 3 heterocycles. The smallest absolute Gasteiger partial charge is 0.262 e. The Kier molecular flexibility index (Phi) is 5.61. The van der Waals surface area contributed by atoms with Crippen molar-refractivity contribution in [3.05, 3.63) is 92.9 Å². The number of nitrogens with one attached hydrogen (secondary N) is 1. The molecule has 7 heteroatoms. The standard InChI is InChI=1S/C24H23FN4OS/c25-20-6-2-1-5-17(20)14-29-15-28-23-22(24(29)30)19-8-7-18(12-21(19)31-23)27-11-9-16-4-3-10-26-13-16/h1-6,10,13,15,18,27H,7-9,11-12,14H2/t18-/m0/s1. The van der Waals surface area contributed by atoms with Crippen LogP contribution in [-0.4, -0.2) is 27.1 Å². The maximum atomic E-state index is 14.0. The van der Waals surface area contributed by atoms with Gasteiger partial charge in [-0.15, -0.1) is 11.3 Å². The van der Waals surface area contributed by atoms with E-state index in [2.05, 4.69) is 21.4 Å². The van der Waals surface area contributed by atoms with Crippen LogP contribution in [0.1, 0.15) is 28.0 Å². The van der Waals surface area contributed by atoms with Gasteiger partial charge in [0.15, 0.2) is 0 Å². The van der Waals surface area contributed by atoms with Gasteiger partial charge < -0.3 is 5.32 Å². The highest BCUT2D eigenvalue weighted by Crippen LogP contribution is 2.33. The van der Waals surface area contributed by atoms with Crippen LogP contribution in [0.15, 0.2) is 59.9 Å². The monoisotopic (exact) mass is 434 g/mol. The second kappa shape index (κ2) is 8.69. The van der Waals surface area contributed by atoms with E-state index in [4.69, 9.17) is 0 Å². The Morgan fingerprint density at radius 3 is 2.97 bits per heavy atom. The van der Waals surface area contributed by atoms with E-state index in [1.54, 1.807) is 42.1 Å². The average molecular weight is 435 g/mol. The van der Waals surface area contributed by atoms with Crippen LogP contribution in [0.25, 0.3) is 10.2 Å². The summed E-state index contributed by atoms with van der Waals surface area (Å²) < 4.78 is 15.6. The summed E-state index contributed by atoms with van der Waals surface area (Å²) in [6.07, 6.45) is 8.96. The summed E-state index contributed by atoms with van der Waals surface area (Å²) in [6.45, 7) is 1.10. The highest BCUT2D eigenvalue weighted by Gasteiger charge is 2.25. The topological polar surface area (TPSA) is 59.8 Å². The van der Waals surface area contributed by atoms with Crippen LogP contribution in [0.3, 0.4) is 0 Å². The molecule has 1 aliphatic carbocycles. The first-order chi connectivity index (χ1) is 15.2. The first kappa shape index (κ1) is 20.0. The molecule has 0 unspecified atom stereocenters. The fourth-order valence-electron chi connectivity index (χ4n) is 4.26. The molecule has 31 heavy (non-hydrogen) atoms. The molecule has 0 saturated carbocycles. The van der Waals surface area contributed by atoms with Crippen molar-refractivity contribution < 1.29 is 4.39 Å². The predicted molar refractivity (Wildman–Crippen MR) is 121 cm³/mol. The van der Waals surface area contributed by atoms with Crippen molar-refractivity contribution in [1.29, 1.82) is 0 Å². The molecule has 1 atom stereocenters. The lowest BCUT2D eigenvalue weighted by atomic mass is 9.93. The van der Waals surface area contributed by atoms with Crippen molar-refractivity contribution >= 4 is 21.6 Å². The number of thiophene rings is 1. The molecule has 1 aromatic carbocycles. The number of pyridine rings is 1. The van der Waals surface area contributed by atoms with Gasteiger partial charge >= 0.3 is 0 Å².